The van der Waals surface area contributed by atoms with Gasteiger partial charge in [-0.3, -0.25) is 0 Å². The Kier molecular flexibility index (Phi) is 2.86. The molecule has 15 heavy (non-hydrogen) atoms. The van der Waals surface area contributed by atoms with Gasteiger partial charge in [0.1, 0.15) is 0 Å². The van der Waals surface area contributed by atoms with Crippen LogP contribution in [0.4, 0.5) is 5.82 Å². The summed E-state index contributed by atoms with van der Waals surface area (Å²) in [6.07, 6.45) is 2.40. The number of aliphatic hydroxyl groups excluding tert-OH is 1. The molecule has 0 amide bonds. The summed E-state index contributed by atoms with van der Waals surface area (Å²) in [5.74, 6) is 1.23. The number of nitrogens with zero attached hydrogens (tertiary/aromatic N) is 3. The van der Waals surface area contributed by atoms with Crippen LogP contribution >= 0.6 is 0 Å². The van der Waals surface area contributed by atoms with E-state index in [4.69, 9.17) is 0 Å². The number of hydrogen-bond acceptors (Lipinski definition) is 4. The Bertz CT molecular complexity index is 342. The third-order valence-corrected chi connectivity index (χ3v) is 2.96. The predicted octanol–water partition coefficient (Wildman–Crippen LogP) is 0.992. The van der Waals surface area contributed by atoms with Crippen molar-refractivity contribution in [2.45, 2.75) is 26.4 Å². The molecule has 0 spiro atoms. The Balaban J connectivity index is 2.12. The number of aromatic nitrogens is 2. The third kappa shape index (κ3) is 2.26. The van der Waals surface area contributed by atoms with Gasteiger partial charge in [0.05, 0.1) is 12.3 Å². The summed E-state index contributed by atoms with van der Waals surface area (Å²) in [4.78, 5) is 2.19. The summed E-state index contributed by atoms with van der Waals surface area (Å²) in [6, 6.07) is 2.04. The van der Waals surface area contributed by atoms with Crippen molar-refractivity contribution in [3.05, 3.63) is 17.8 Å². The lowest BCUT2D eigenvalue weighted by atomic mass is 9.97. The van der Waals surface area contributed by atoms with E-state index < -0.39 is 0 Å². The molecule has 1 aromatic rings. The van der Waals surface area contributed by atoms with Gasteiger partial charge < -0.3 is 10.0 Å². The smallest absolute Gasteiger partial charge is 0.151 e. The number of piperidine rings is 1. The van der Waals surface area contributed by atoms with Crippen molar-refractivity contribution in [1.82, 2.24) is 10.2 Å². The van der Waals surface area contributed by atoms with E-state index in [1.165, 1.54) is 0 Å². The van der Waals surface area contributed by atoms with Crippen LogP contribution in [0.2, 0.25) is 0 Å². The van der Waals surface area contributed by atoms with Crippen molar-refractivity contribution in [2.24, 2.45) is 5.92 Å². The van der Waals surface area contributed by atoms with E-state index in [-0.39, 0.29) is 6.10 Å². The van der Waals surface area contributed by atoms with Crippen LogP contribution in [-0.2, 0) is 0 Å². The molecule has 2 rings (SSSR count). The maximum absolute atomic E-state index is 9.63. The first-order chi connectivity index (χ1) is 7.16. The van der Waals surface area contributed by atoms with Crippen LogP contribution in [0.3, 0.4) is 0 Å². The molecular weight excluding hydrogens is 190 g/mol. The monoisotopic (exact) mass is 207 g/mol. The SMILES string of the molecule is Cc1cnnc(N2CCC(O)C(C)C2)c1. The minimum absolute atomic E-state index is 0.168. The van der Waals surface area contributed by atoms with E-state index in [2.05, 4.69) is 22.0 Å². The summed E-state index contributed by atoms with van der Waals surface area (Å²) in [6.45, 7) is 5.81. The van der Waals surface area contributed by atoms with Gasteiger partial charge >= 0.3 is 0 Å². The Hall–Kier alpha value is -1.16. The van der Waals surface area contributed by atoms with Crippen LogP contribution < -0.4 is 4.90 Å². The molecule has 0 aliphatic carbocycles. The highest BCUT2D eigenvalue weighted by molar-refractivity contribution is 5.39. The van der Waals surface area contributed by atoms with E-state index in [0.29, 0.717) is 5.92 Å². The molecule has 0 aromatic carbocycles. The van der Waals surface area contributed by atoms with E-state index in [9.17, 15) is 5.11 Å². The Morgan fingerprint density at radius 1 is 1.53 bits per heavy atom. The van der Waals surface area contributed by atoms with Crippen molar-refractivity contribution < 1.29 is 5.11 Å². The van der Waals surface area contributed by atoms with Crippen molar-refractivity contribution in [3.8, 4) is 0 Å². The molecule has 4 heteroatoms. The topological polar surface area (TPSA) is 49.2 Å². The number of anilines is 1. The van der Waals surface area contributed by atoms with Crippen LogP contribution in [0.5, 0.6) is 0 Å². The van der Waals surface area contributed by atoms with Crippen molar-refractivity contribution in [1.29, 1.82) is 0 Å². The molecule has 0 bridgehead atoms. The number of aryl methyl sites for hydroxylation is 1. The van der Waals surface area contributed by atoms with Gasteiger partial charge in [0.15, 0.2) is 5.82 Å². The third-order valence-electron chi connectivity index (χ3n) is 2.96. The molecule has 0 saturated carbocycles. The second-order valence-corrected chi connectivity index (χ2v) is 4.37. The molecule has 1 N–H and O–H groups in total. The molecule has 82 valence electrons. The van der Waals surface area contributed by atoms with Gasteiger partial charge in [-0.05, 0) is 30.9 Å². The van der Waals surface area contributed by atoms with Gasteiger partial charge in [-0.25, -0.2) is 0 Å². The van der Waals surface area contributed by atoms with Gasteiger partial charge in [0.2, 0.25) is 0 Å². The zero-order valence-corrected chi connectivity index (χ0v) is 9.22. The second-order valence-electron chi connectivity index (χ2n) is 4.37. The summed E-state index contributed by atoms with van der Waals surface area (Å²) < 4.78 is 0. The fourth-order valence-corrected chi connectivity index (χ4v) is 1.94. The van der Waals surface area contributed by atoms with Gasteiger partial charge in [0.25, 0.3) is 0 Å². The molecule has 1 aromatic heterocycles. The fraction of sp³-hybridized carbons (Fsp3) is 0.636. The Morgan fingerprint density at radius 3 is 3.00 bits per heavy atom. The molecule has 0 radical (unpaired) electrons. The second kappa shape index (κ2) is 4.14. The highest BCUT2D eigenvalue weighted by atomic mass is 16.3. The van der Waals surface area contributed by atoms with Gasteiger partial charge in [-0.1, -0.05) is 6.92 Å². The summed E-state index contributed by atoms with van der Waals surface area (Å²) in [5.41, 5.74) is 1.12. The molecule has 1 fully saturated rings. The minimum atomic E-state index is -0.168. The first-order valence-corrected chi connectivity index (χ1v) is 5.39. The van der Waals surface area contributed by atoms with Crippen molar-refractivity contribution in [2.75, 3.05) is 18.0 Å². The van der Waals surface area contributed by atoms with E-state index >= 15 is 0 Å². The highest BCUT2D eigenvalue weighted by Crippen LogP contribution is 2.21. The standard InChI is InChI=1S/C11H17N3O/c1-8-5-11(13-12-6-8)14-4-3-10(15)9(2)7-14/h5-6,9-10,15H,3-4,7H2,1-2H3. The molecule has 1 aliphatic heterocycles. The van der Waals surface area contributed by atoms with Gasteiger partial charge in [0, 0.05) is 13.1 Å². The van der Waals surface area contributed by atoms with Crippen molar-refractivity contribution >= 4 is 5.82 Å². The molecule has 2 unspecified atom stereocenters. The van der Waals surface area contributed by atoms with Crippen LogP contribution in [0.25, 0.3) is 0 Å². The summed E-state index contributed by atoms with van der Waals surface area (Å²) >= 11 is 0. The Morgan fingerprint density at radius 2 is 2.33 bits per heavy atom. The zero-order valence-electron chi connectivity index (χ0n) is 9.22. The van der Waals surface area contributed by atoms with Crippen LogP contribution in [0, 0.1) is 12.8 Å². The lowest BCUT2D eigenvalue weighted by Crippen LogP contribution is -2.42. The van der Waals surface area contributed by atoms with E-state index in [1.54, 1.807) is 6.20 Å². The normalized spacial score (nSPS) is 26.7. The zero-order chi connectivity index (χ0) is 10.8. The van der Waals surface area contributed by atoms with Gasteiger partial charge in [-0.15, -0.1) is 5.10 Å². The molecule has 1 saturated heterocycles. The lowest BCUT2D eigenvalue weighted by molar-refractivity contribution is 0.0968. The minimum Gasteiger partial charge on any atom is -0.393 e. The van der Waals surface area contributed by atoms with Crippen molar-refractivity contribution in [3.63, 3.8) is 0 Å². The van der Waals surface area contributed by atoms with Crippen LogP contribution in [-0.4, -0.2) is 34.5 Å². The van der Waals surface area contributed by atoms with E-state index in [1.807, 2.05) is 13.0 Å². The maximum atomic E-state index is 9.63. The Labute approximate surface area is 89.9 Å². The molecule has 2 heterocycles. The number of aliphatic hydroxyl groups is 1. The fourth-order valence-electron chi connectivity index (χ4n) is 1.94. The predicted molar refractivity (Wildman–Crippen MR) is 58.8 cm³/mol. The number of hydrogen-bond donors (Lipinski definition) is 1. The number of rotatable bonds is 1. The molecule has 2 atom stereocenters. The molecule has 4 nitrogen and oxygen atoms in total. The first kappa shape index (κ1) is 10.4. The van der Waals surface area contributed by atoms with Gasteiger partial charge in [-0.2, -0.15) is 5.10 Å². The average molecular weight is 207 g/mol. The van der Waals surface area contributed by atoms with Crippen LogP contribution in [0.15, 0.2) is 12.3 Å². The summed E-state index contributed by atoms with van der Waals surface area (Å²) in [5, 5.41) is 17.7. The molecule has 1 aliphatic rings. The summed E-state index contributed by atoms with van der Waals surface area (Å²) in [7, 11) is 0. The average Bonchev–Trinajstić information content (AvgIpc) is 2.22. The van der Waals surface area contributed by atoms with Crippen LogP contribution in [0.1, 0.15) is 18.9 Å². The highest BCUT2D eigenvalue weighted by Gasteiger charge is 2.24. The lowest BCUT2D eigenvalue weighted by Gasteiger charge is -2.34. The first-order valence-electron chi connectivity index (χ1n) is 5.39. The van der Waals surface area contributed by atoms with E-state index in [0.717, 1.165) is 30.9 Å². The maximum Gasteiger partial charge on any atom is 0.151 e. The molecular formula is C11H17N3O. The quantitative estimate of drug-likeness (QED) is 0.746. The largest absolute Gasteiger partial charge is 0.393 e.